The van der Waals surface area contributed by atoms with Crippen LogP contribution in [-0.4, -0.2) is 43.8 Å². The van der Waals surface area contributed by atoms with Crippen LogP contribution in [0.15, 0.2) is 0 Å². The van der Waals surface area contributed by atoms with Crippen molar-refractivity contribution in [2.45, 2.75) is 44.6 Å². The molecular weight excluding hydrogens is 252 g/mol. The fourth-order valence-electron chi connectivity index (χ4n) is 6.01. The monoisotopic (exact) mass is 278 g/mol. The van der Waals surface area contributed by atoms with Crippen LogP contribution in [-0.2, 0) is 4.74 Å². The lowest BCUT2D eigenvalue weighted by molar-refractivity contribution is -0.0754. The van der Waals surface area contributed by atoms with E-state index < -0.39 is 0 Å². The van der Waals surface area contributed by atoms with Crippen molar-refractivity contribution < 1.29 is 9.53 Å². The summed E-state index contributed by atoms with van der Waals surface area (Å²) < 4.78 is 5.09. The lowest BCUT2D eigenvalue weighted by Gasteiger charge is -2.59. The molecule has 112 valence electrons. The Kier molecular flexibility index (Phi) is 2.99. The zero-order chi connectivity index (χ0) is 13.7. The van der Waals surface area contributed by atoms with Crippen LogP contribution in [0.1, 0.15) is 38.5 Å². The number of nitrogens with zero attached hydrogens (tertiary/aromatic N) is 1. The Bertz CT molecular complexity index is 374. The molecule has 0 aromatic heterocycles. The highest BCUT2D eigenvalue weighted by Crippen LogP contribution is 2.61. The number of carbonyl (C=O) groups excluding carboxylic acids is 1. The predicted molar refractivity (Wildman–Crippen MR) is 76.4 cm³/mol. The van der Waals surface area contributed by atoms with Gasteiger partial charge in [-0.3, -0.25) is 0 Å². The normalized spacial score (nSPS) is 44.0. The molecule has 4 heteroatoms. The van der Waals surface area contributed by atoms with Gasteiger partial charge in [0.25, 0.3) is 0 Å². The molecule has 1 atom stereocenters. The quantitative estimate of drug-likeness (QED) is 0.857. The molecule has 1 N–H and O–H groups in total. The Morgan fingerprint density at radius 1 is 1.25 bits per heavy atom. The molecule has 5 fully saturated rings. The maximum Gasteiger partial charge on any atom is 0.409 e. The molecular formula is C16H26N2O2. The van der Waals surface area contributed by atoms with Crippen molar-refractivity contribution in [2.24, 2.45) is 23.2 Å². The number of ether oxygens (including phenoxy) is 1. The summed E-state index contributed by atoms with van der Waals surface area (Å²) in [5.74, 6) is 2.88. The summed E-state index contributed by atoms with van der Waals surface area (Å²) in [6, 6.07) is 0.446. The molecule has 1 amide bonds. The Hall–Kier alpha value is -0.770. The average Bonchev–Trinajstić information content (AvgIpc) is 2.79. The standard InChI is InChI=1S/C16H26N2O2/c1-17-14(10-18-2-3-20-15(18)19)16-7-11-4-12(8-16)6-13(5-11)9-16/h11-14,17H,2-10H2,1H3. The molecule has 4 saturated carbocycles. The van der Waals surface area contributed by atoms with Crippen molar-refractivity contribution >= 4 is 6.09 Å². The van der Waals surface area contributed by atoms with E-state index in [9.17, 15) is 4.79 Å². The molecule has 1 unspecified atom stereocenters. The number of hydrogen-bond acceptors (Lipinski definition) is 3. The van der Waals surface area contributed by atoms with Crippen LogP contribution in [0.2, 0.25) is 0 Å². The van der Waals surface area contributed by atoms with Gasteiger partial charge in [-0.1, -0.05) is 0 Å². The van der Waals surface area contributed by atoms with Crippen molar-refractivity contribution in [3.05, 3.63) is 0 Å². The maximum atomic E-state index is 11.7. The van der Waals surface area contributed by atoms with E-state index in [4.69, 9.17) is 4.74 Å². The van der Waals surface area contributed by atoms with E-state index in [1.807, 2.05) is 4.90 Å². The predicted octanol–water partition coefficient (Wildman–Crippen LogP) is 2.24. The molecule has 4 aliphatic carbocycles. The molecule has 0 radical (unpaired) electrons. The smallest absolute Gasteiger partial charge is 0.409 e. The molecule has 1 saturated heterocycles. The highest BCUT2D eigenvalue weighted by molar-refractivity contribution is 5.69. The summed E-state index contributed by atoms with van der Waals surface area (Å²) in [5.41, 5.74) is 0.451. The molecule has 5 aliphatic rings. The summed E-state index contributed by atoms with van der Waals surface area (Å²) in [5, 5.41) is 3.56. The zero-order valence-corrected chi connectivity index (χ0v) is 12.4. The van der Waals surface area contributed by atoms with E-state index in [1.54, 1.807) is 0 Å². The summed E-state index contributed by atoms with van der Waals surface area (Å²) >= 11 is 0. The lowest BCUT2D eigenvalue weighted by atomic mass is 9.47. The van der Waals surface area contributed by atoms with Crippen LogP contribution in [0, 0.1) is 23.2 Å². The first kappa shape index (κ1) is 12.9. The fraction of sp³-hybridized carbons (Fsp3) is 0.938. The molecule has 1 aliphatic heterocycles. The Morgan fingerprint density at radius 2 is 1.85 bits per heavy atom. The molecule has 5 rings (SSSR count). The van der Waals surface area contributed by atoms with Gasteiger partial charge in [-0.2, -0.15) is 0 Å². The van der Waals surface area contributed by atoms with Gasteiger partial charge in [0.2, 0.25) is 0 Å². The van der Waals surface area contributed by atoms with Gasteiger partial charge in [0.05, 0.1) is 6.54 Å². The molecule has 4 nitrogen and oxygen atoms in total. The number of amides is 1. The van der Waals surface area contributed by atoms with Crippen LogP contribution in [0.25, 0.3) is 0 Å². The number of carbonyl (C=O) groups is 1. The summed E-state index contributed by atoms with van der Waals surface area (Å²) in [6.07, 6.45) is 8.45. The van der Waals surface area contributed by atoms with Crippen LogP contribution >= 0.6 is 0 Å². The van der Waals surface area contributed by atoms with E-state index >= 15 is 0 Å². The average molecular weight is 278 g/mol. The van der Waals surface area contributed by atoms with Crippen LogP contribution < -0.4 is 5.32 Å². The van der Waals surface area contributed by atoms with Gasteiger partial charge >= 0.3 is 6.09 Å². The Morgan fingerprint density at radius 3 is 2.30 bits per heavy atom. The van der Waals surface area contributed by atoms with E-state index in [0.29, 0.717) is 18.1 Å². The highest BCUT2D eigenvalue weighted by Gasteiger charge is 2.54. The van der Waals surface area contributed by atoms with E-state index in [1.165, 1.54) is 38.5 Å². The largest absolute Gasteiger partial charge is 0.448 e. The van der Waals surface area contributed by atoms with Gasteiger partial charge in [0.15, 0.2) is 0 Å². The fourth-order valence-corrected chi connectivity index (χ4v) is 6.01. The van der Waals surface area contributed by atoms with Crippen molar-refractivity contribution in [1.29, 1.82) is 0 Å². The molecule has 20 heavy (non-hydrogen) atoms. The van der Waals surface area contributed by atoms with Crippen LogP contribution in [0.3, 0.4) is 0 Å². The topological polar surface area (TPSA) is 41.6 Å². The van der Waals surface area contributed by atoms with Gasteiger partial charge in [-0.25, -0.2) is 4.79 Å². The van der Waals surface area contributed by atoms with Crippen molar-refractivity contribution in [2.75, 3.05) is 26.7 Å². The van der Waals surface area contributed by atoms with E-state index in [2.05, 4.69) is 12.4 Å². The Labute approximate surface area is 121 Å². The molecule has 4 bridgehead atoms. The second-order valence-electron chi connectivity index (χ2n) is 7.68. The van der Waals surface area contributed by atoms with Gasteiger partial charge in [0.1, 0.15) is 6.61 Å². The van der Waals surface area contributed by atoms with Crippen molar-refractivity contribution in [1.82, 2.24) is 10.2 Å². The van der Waals surface area contributed by atoms with Gasteiger partial charge in [0, 0.05) is 12.6 Å². The van der Waals surface area contributed by atoms with Gasteiger partial charge in [-0.15, -0.1) is 0 Å². The summed E-state index contributed by atoms with van der Waals surface area (Å²) in [6.45, 7) is 2.17. The van der Waals surface area contributed by atoms with Crippen LogP contribution in [0.5, 0.6) is 0 Å². The minimum absolute atomic E-state index is 0.116. The van der Waals surface area contributed by atoms with Gasteiger partial charge in [-0.05, 0) is 68.7 Å². The van der Waals surface area contributed by atoms with Crippen molar-refractivity contribution in [3.8, 4) is 0 Å². The minimum Gasteiger partial charge on any atom is -0.448 e. The zero-order valence-electron chi connectivity index (χ0n) is 12.4. The molecule has 0 spiro atoms. The summed E-state index contributed by atoms with van der Waals surface area (Å²) in [4.78, 5) is 13.6. The number of nitrogens with one attached hydrogen (secondary N) is 1. The third-order valence-corrected chi connectivity index (χ3v) is 6.42. The maximum absolute atomic E-state index is 11.7. The Balaban J connectivity index is 1.53. The summed E-state index contributed by atoms with van der Waals surface area (Å²) in [7, 11) is 2.07. The van der Waals surface area contributed by atoms with Gasteiger partial charge < -0.3 is 15.0 Å². The SMILES string of the molecule is CNC(CN1CCOC1=O)C12CC3CC(CC(C3)C1)C2. The highest BCUT2D eigenvalue weighted by atomic mass is 16.6. The molecule has 1 heterocycles. The van der Waals surface area contributed by atoms with E-state index in [0.717, 1.165) is 30.8 Å². The van der Waals surface area contributed by atoms with Crippen LogP contribution in [0.4, 0.5) is 4.79 Å². The van der Waals surface area contributed by atoms with E-state index in [-0.39, 0.29) is 6.09 Å². The molecule has 0 aromatic carbocycles. The number of hydrogen-bond donors (Lipinski definition) is 1. The first-order valence-electron chi connectivity index (χ1n) is 8.27. The van der Waals surface area contributed by atoms with Crippen molar-refractivity contribution in [3.63, 3.8) is 0 Å². The minimum atomic E-state index is -0.116. The molecule has 0 aromatic rings. The number of rotatable bonds is 4. The first-order chi connectivity index (χ1) is 9.68. The first-order valence-corrected chi connectivity index (χ1v) is 8.27. The number of likely N-dealkylation sites (N-methyl/N-ethyl adjacent to an activating group) is 1. The number of cyclic esters (lactones) is 1. The lowest BCUT2D eigenvalue weighted by Crippen LogP contribution is -2.58. The third kappa shape index (κ3) is 1.95. The third-order valence-electron chi connectivity index (χ3n) is 6.42. The second-order valence-corrected chi connectivity index (χ2v) is 7.68. The second kappa shape index (κ2) is 4.62.